The number of ether oxygens (including phenoxy) is 1. The molecule has 0 fully saturated rings. The molecule has 2 bridgehead atoms. The molecule has 1 aromatic rings. The molecule has 1 heteroatoms. The van der Waals surface area contributed by atoms with Crippen molar-refractivity contribution in [2.45, 2.75) is 39.7 Å². The molecule has 2 unspecified atom stereocenters. The number of aryl methyl sites for hydroxylation is 2. The predicted octanol–water partition coefficient (Wildman–Crippen LogP) is 4.69. The second-order valence-electron chi connectivity index (χ2n) is 6.95. The van der Waals surface area contributed by atoms with Crippen LogP contribution in [0.5, 0.6) is 0 Å². The Kier molecular flexibility index (Phi) is 2.95. The third-order valence-corrected chi connectivity index (χ3v) is 5.06. The van der Waals surface area contributed by atoms with Gasteiger partial charge in [-0.2, -0.15) is 0 Å². The number of methoxy groups -OCH3 is 1. The molecule has 0 aromatic heterocycles. The van der Waals surface area contributed by atoms with E-state index in [0.717, 1.165) is 6.42 Å². The van der Waals surface area contributed by atoms with E-state index in [2.05, 4.69) is 64.1 Å². The van der Waals surface area contributed by atoms with Gasteiger partial charge in [-0.1, -0.05) is 54.5 Å². The van der Waals surface area contributed by atoms with Crippen LogP contribution in [0.4, 0.5) is 0 Å². The zero-order chi connectivity index (χ0) is 14.5. The standard InChI is InChI=1S/C19H24O/c1-13-8-14(2)10-15(9-13)17-11-16-6-7-18(17,3)12-19(16,4)20-5/h6-11,16H,12H2,1-5H3/t16?,18?,19-/m1/s1. The van der Waals surface area contributed by atoms with Gasteiger partial charge in [0, 0.05) is 18.4 Å². The first-order valence-electron chi connectivity index (χ1n) is 7.42. The second-order valence-corrected chi connectivity index (χ2v) is 6.95. The van der Waals surface area contributed by atoms with Gasteiger partial charge in [-0.3, -0.25) is 0 Å². The molecule has 0 heterocycles. The third-order valence-electron chi connectivity index (χ3n) is 5.06. The maximum absolute atomic E-state index is 5.81. The summed E-state index contributed by atoms with van der Waals surface area (Å²) in [7, 11) is 1.84. The van der Waals surface area contributed by atoms with E-state index < -0.39 is 0 Å². The second kappa shape index (κ2) is 4.33. The predicted molar refractivity (Wildman–Crippen MR) is 84.7 cm³/mol. The average Bonchev–Trinajstić information content (AvgIpc) is 2.37. The van der Waals surface area contributed by atoms with E-state index in [0.29, 0.717) is 5.92 Å². The molecule has 0 saturated carbocycles. The Bertz CT molecular complexity index is 590. The summed E-state index contributed by atoms with van der Waals surface area (Å²) in [5.41, 5.74) is 5.53. The van der Waals surface area contributed by atoms with Gasteiger partial charge in [0.2, 0.25) is 0 Å². The first kappa shape index (κ1) is 13.6. The summed E-state index contributed by atoms with van der Waals surface area (Å²) in [6.07, 6.45) is 8.17. The van der Waals surface area contributed by atoms with Crippen molar-refractivity contribution in [2.75, 3.05) is 7.11 Å². The molecule has 4 rings (SSSR count). The molecule has 3 aliphatic rings. The van der Waals surface area contributed by atoms with Crippen LogP contribution in [0, 0.1) is 25.2 Å². The molecule has 1 aromatic carbocycles. The number of fused-ring (bicyclic) bond motifs is 1. The molecular formula is C19H24O. The van der Waals surface area contributed by atoms with E-state index in [-0.39, 0.29) is 11.0 Å². The van der Waals surface area contributed by atoms with Crippen molar-refractivity contribution in [3.8, 4) is 0 Å². The van der Waals surface area contributed by atoms with Crippen molar-refractivity contribution in [1.82, 2.24) is 0 Å². The van der Waals surface area contributed by atoms with Gasteiger partial charge in [0.1, 0.15) is 0 Å². The minimum Gasteiger partial charge on any atom is -0.378 e. The van der Waals surface area contributed by atoms with Crippen LogP contribution in [0.3, 0.4) is 0 Å². The molecule has 0 aliphatic heterocycles. The van der Waals surface area contributed by atoms with Crippen molar-refractivity contribution >= 4 is 5.57 Å². The first-order valence-corrected chi connectivity index (χ1v) is 7.42. The van der Waals surface area contributed by atoms with Crippen molar-refractivity contribution in [3.63, 3.8) is 0 Å². The maximum Gasteiger partial charge on any atom is 0.0759 e. The Balaban J connectivity index is 2.10. The summed E-state index contributed by atoms with van der Waals surface area (Å²) in [5, 5.41) is 0. The van der Waals surface area contributed by atoms with Gasteiger partial charge in [-0.25, -0.2) is 0 Å². The normalized spacial score (nSPS) is 35.2. The molecule has 0 N–H and O–H groups in total. The molecule has 0 radical (unpaired) electrons. The number of benzene rings is 1. The smallest absolute Gasteiger partial charge is 0.0759 e. The highest BCUT2D eigenvalue weighted by molar-refractivity contribution is 5.76. The van der Waals surface area contributed by atoms with E-state index >= 15 is 0 Å². The van der Waals surface area contributed by atoms with Crippen LogP contribution in [-0.2, 0) is 4.74 Å². The van der Waals surface area contributed by atoms with Gasteiger partial charge in [0.25, 0.3) is 0 Å². The van der Waals surface area contributed by atoms with E-state index in [1.807, 2.05) is 7.11 Å². The highest BCUT2D eigenvalue weighted by Crippen LogP contribution is 2.54. The lowest BCUT2D eigenvalue weighted by Gasteiger charge is -2.50. The van der Waals surface area contributed by atoms with E-state index in [9.17, 15) is 0 Å². The van der Waals surface area contributed by atoms with Crippen LogP contribution >= 0.6 is 0 Å². The summed E-state index contributed by atoms with van der Waals surface area (Å²) in [4.78, 5) is 0. The fraction of sp³-hybridized carbons (Fsp3) is 0.474. The Morgan fingerprint density at radius 1 is 1.10 bits per heavy atom. The Labute approximate surface area is 122 Å². The minimum atomic E-state index is -0.0636. The first-order chi connectivity index (χ1) is 9.36. The van der Waals surface area contributed by atoms with Gasteiger partial charge in [-0.15, -0.1) is 0 Å². The van der Waals surface area contributed by atoms with Gasteiger partial charge in [0.05, 0.1) is 5.60 Å². The Hall–Kier alpha value is -1.34. The van der Waals surface area contributed by atoms with Crippen LogP contribution in [0.1, 0.15) is 37.0 Å². The lowest BCUT2D eigenvalue weighted by atomic mass is 9.58. The van der Waals surface area contributed by atoms with Crippen molar-refractivity contribution in [1.29, 1.82) is 0 Å². The molecular weight excluding hydrogens is 244 g/mol. The van der Waals surface area contributed by atoms with Crippen LogP contribution in [0.15, 0.2) is 36.4 Å². The fourth-order valence-electron chi connectivity index (χ4n) is 3.98. The molecule has 0 saturated heterocycles. The molecule has 0 spiro atoms. The lowest BCUT2D eigenvalue weighted by molar-refractivity contribution is -0.0461. The zero-order valence-electron chi connectivity index (χ0n) is 13.2. The highest BCUT2D eigenvalue weighted by Gasteiger charge is 2.48. The molecule has 3 aliphatic carbocycles. The van der Waals surface area contributed by atoms with Crippen molar-refractivity contribution in [3.05, 3.63) is 53.1 Å². The largest absolute Gasteiger partial charge is 0.378 e. The van der Waals surface area contributed by atoms with Gasteiger partial charge in [-0.05, 0) is 38.3 Å². The lowest BCUT2D eigenvalue weighted by Crippen LogP contribution is -2.46. The van der Waals surface area contributed by atoms with Gasteiger partial charge in [0.15, 0.2) is 0 Å². The zero-order valence-corrected chi connectivity index (χ0v) is 13.2. The van der Waals surface area contributed by atoms with Crippen molar-refractivity contribution in [2.24, 2.45) is 11.3 Å². The Morgan fingerprint density at radius 2 is 1.75 bits per heavy atom. The SMILES string of the molecule is CO[C@]1(C)CC2(C)C=CC1C=C2c1cc(C)cc(C)c1. The highest BCUT2D eigenvalue weighted by atomic mass is 16.5. The number of hydrogen-bond acceptors (Lipinski definition) is 1. The quantitative estimate of drug-likeness (QED) is 0.707. The molecule has 106 valence electrons. The number of hydrogen-bond donors (Lipinski definition) is 0. The third kappa shape index (κ3) is 1.96. The molecule has 0 amide bonds. The monoisotopic (exact) mass is 268 g/mol. The summed E-state index contributed by atoms with van der Waals surface area (Å²) in [6.45, 7) is 8.92. The van der Waals surface area contributed by atoms with E-state index in [4.69, 9.17) is 4.74 Å². The van der Waals surface area contributed by atoms with Gasteiger partial charge < -0.3 is 4.74 Å². The van der Waals surface area contributed by atoms with Crippen LogP contribution in [-0.4, -0.2) is 12.7 Å². The average molecular weight is 268 g/mol. The van der Waals surface area contributed by atoms with Crippen LogP contribution < -0.4 is 0 Å². The van der Waals surface area contributed by atoms with E-state index in [1.165, 1.54) is 22.3 Å². The number of allylic oxidation sites excluding steroid dienone is 2. The maximum atomic E-state index is 5.81. The molecule has 3 atom stereocenters. The summed E-state index contributed by atoms with van der Waals surface area (Å²) < 4.78 is 5.81. The summed E-state index contributed by atoms with van der Waals surface area (Å²) in [5.74, 6) is 0.380. The van der Waals surface area contributed by atoms with E-state index in [1.54, 1.807) is 0 Å². The fourth-order valence-corrected chi connectivity index (χ4v) is 3.98. The summed E-state index contributed by atoms with van der Waals surface area (Å²) in [6, 6.07) is 6.86. The summed E-state index contributed by atoms with van der Waals surface area (Å²) >= 11 is 0. The minimum absolute atomic E-state index is 0.0636. The topological polar surface area (TPSA) is 9.23 Å². The van der Waals surface area contributed by atoms with Crippen molar-refractivity contribution < 1.29 is 4.74 Å². The van der Waals surface area contributed by atoms with Crippen LogP contribution in [0.2, 0.25) is 0 Å². The number of rotatable bonds is 2. The van der Waals surface area contributed by atoms with Gasteiger partial charge >= 0.3 is 0 Å². The molecule has 1 nitrogen and oxygen atoms in total. The Morgan fingerprint density at radius 3 is 2.30 bits per heavy atom. The molecule has 20 heavy (non-hydrogen) atoms. The van der Waals surface area contributed by atoms with Crippen LogP contribution in [0.25, 0.3) is 5.57 Å².